The zero-order chi connectivity index (χ0) is 21.6. The van der Waals surface area contributed by atoms with Crippen molar-refractivity contribution in [3.05, 3.63) is 54.1 Å². The first-order chi connectivity index (χ1) is 15.2. The molecule has 0 aromatic heterocycles. The molecule has 6 nitrogen and oxygen atoms in total. The predicted octanol–water partition coefficient (Wildman–Crippen LogP) is 3.26. The van der Waals surface area contributed by atoms with Gasteiger partial charge in [-0.2, -0.15) is 0 Å². The number of nitrogens with zero attached hydrogens (tertiary/aromatic N) is 3. The van der Waals surface area contributed by atoms with Gasteiger partial charge in [0.05, 0.1) is 14.2 Å². The lowest BCUT2D eigenvalue weighted by molar-refractivity contribution is -0.137. The Balaban J connectivity index is 1.26. The zero-order valence-electron chi connectivity index (χ0n) is 18.6. The van der Waals surface area contributed by atoms with E-state index in [0.717, 1.165) is 75.7 Å². The van der Waals surface area contributed by atoms with Crippen LogP contribution in [0.2, 0.25) is 0 Å². The monoisotopic (exact) mass is 423 g/mol. The number of piperazine rings is 1. The predicted molar refractivity (Wildman–Crippen MR) is 123 cm³/mol. The molecule has 166 valence electrons. The van der Waals surface area contributed by atoms with Crippen LogP contribution in [0.5, 0.6) is 11.5 Å². The van der Waals surface area contributed by atoms with Crippen LogP contribution in [0.1, 0.15) is 18.4 Å². The first-order valence-corrected chi connectivity index (χ1v) is 11.2. The molecule has 31 heavy (non-hydrogen) atoms. The largest absolute Gasteiger partial charge is 0.497 e. The van der Waals surface area contributed by atoms with Crippen LogP contribution in [0.25, 0.3) is 0 Å². The standard InChI is InChI=1S/C25H33N3O3/c1-30-23-9-8-21(24(18-23)31-2)19-26-12-10-20(11-13-26)25(29)28-16-14-27(15-17-28)22-6-4-3-5-7-22/h3-9,18,20H,10-17,19H2,1-2H3. The van der Waals surface area contributed by atoms with Crippen LogP contribution in [0, 0.1) is 5.92 Å². The molecule has 2 aromatic rings. The smallest absolute Gasteiger partial charge is 0.225 e. The summed E-state index contributed by atoms with van der Waals surface area (Å²) in [5.74, 6) is 2.15. The molecule has 0 bridgehead atoms. The molecule has 2 aromatic carbocycles. The van der Waals surface area contributed by atoms with Gasteiger partial charge >= 0.3 is 0 Å². The molecule has 0 N–H and O–H groups in total. The molecule has 2 aliphatic rings. The molecule has 0 atom stereocenters. The van der Waals surface area contributed by atoms with Gasteiger partial charge in [0.2, 0.25) is 5.91 Å². The van der Waals surface area contributed by atoms with Crippen LogP contribution in [-0.4, -0.2) is 69.2 Å². The summed E-state index contributed by atoms with van der Waals surface area (Å²) in [6.45, 7) is 6.17. The van der Waals surface area contributed by atoms with Crippen molar-refractivity contribution in [3.8, 4) is 11.5 Å². The number of amides is 1. The van der Waals surface area contributed by atoms with Crippen LogP contribution in [0.4, 0.5) is 5.69 Å². The first kappa shape index (κ1) is 21.5. The van der Waals surface area contributed by atoms with Gasteiger partial charge < -0.3 is 19.3 Å². The summed E-state index contributed by atoms with van der Waals surface area (Å²) >= 11 is 0. The van der Waals surface area contributed by atoms with Gasteiger partial charge in [0.1, 0.15) is 11.5 Å². The number of likely N-dealkylation sites (tertiary alicyclic amines) is 1. The van der Waals surface area contributed by atoms with E-state index in [1.54, 1.807) is 14.2 Å². The van der Waals surface area contributed by atoms with Crippen molar-refractivity contribution in [1.82, 2.24) is 9.80 Å². The highest BCUT2D eigenvalue weighted by Gasteiger charge is 2.30. The van der Waals surface area contributed by atoms with E-state index in [-0.39, 0.29) is 5.92 Å². The highest BCUT2D eigenvalue weighted by Crippen LogP contribution is 2.28. The van der Waals surface area contributed by atoms with Crippen LogP contribution >= 0.6 is 0 Å². The number of carbonyl (C=O) groups excluding carboxylic acids is 1. The number of rotatable bonds is 6. The van der Waals surface area contributed by atoms with E-state index in [4.69, 9.17) is 9.47 Å². The number of anilines is 1. The molecule has 0 unspecified atom stereocenters. The molecule has 0 spiro atoms. The number of piperidine rings is 1. The van der Waals surface area contributed by atoms with E-state index in [9.17, 15) is 4.79 Å². The molecule has 0 saturated carbocycles. The number of carbonyl (C=O) groups is 1. The van der Waals surface area contributed by atoms with Crippen molar-refractivity contribution in [2.45, 2.75) is 19.4 Å². The van der Waals surface area contributed by atoms with Crippen molar-refractivity contribution in [1.29, 1.82) is 0 Å². The number of hydrogen-bond acceptors (Lipinski definition) is 5. The van der Waals surface area contributed by atoms with E-state index in [0.29, 0.717) is 5.91 Å². The first-order valence-electron chi connectivity index (χ1n) is 11.2. The van der Waals surface area contributed by atoms with Gasteiger partial charge in [0.15, 0.2) is 0 Å². The van der Waals surface area contributed by atoms with Crippen molar-refractivity contribution < 1.29 is 14.3 Å². The Kier molecular flexibility index (Phi) is 6.97. The molecule has 4 rings (SSSR count). The Labute approximate surface area is 185 Å². The Bertz CT molecular complexity index is 858. The summed E-state index contributed by atoms with van der Waals surface area (Å²) in [6.07, 6.45) is 1.85. The fraction of sp³-hybridized carbons (Fsp3) is 0.480. The fourth-order valence-electron chi connectivity index (χ4n) is 4.64. The normalized spacial score (nSPS) is 18.1. The third kappa shape index (κ3) is 5.13. The van der Waals surface area contributed by atoms with Crippen molar-refractivity contribution in [2.24, 2.45) is 5.92 Å². The van der Waals surface area contributed by atoms with E-state index < -0.39 is 0 Å². The van der Waals surface area contributed by atoms with Gasteiger partial charge in [-0.3, -0.25) is 9.69 Å². The second-order valence-electron chi connectivity index (χ2n) is 8.38. The highest BCUT2D eigenvalue weighted by atomic mass is 16.5. The van der Waals surface area contributed by atoms with Crippen LogP contribution in [-0.2, 0) is 11.3 Å². The summed E-state index contributed by atoms with van der Waals surface area (Å²) in [7, 11) is 3.36. The lowest BCUT2D eigenvalue weighted by Gasteiger charge is -2.39. The molecule has 2 aliphatic heterocycles. The van der Waals surface area contributed by atoms with Gasteiger partial charge in [0, 0.05) is 56.0 Å². The third-order valence-electron chi connectivity index (χ3n) is 6.54. The number of para-hydroxylation sites is 1. The second-order valence-corrected chi connectivity index (χ2v) is 8.38. The maximum Gasteiger partial charge on any atom is 0.225 e. The van der Waals surface area contributed by atoms with E-state index in [1.807, 2.05) is 18.2 Å². The van der Waals surface area contributed by atoms with Crippen molar-refractivity contribution in [3.63, 3.8) is 0 Å². The van der Waals surface area contributed by atoms with Crippen LogP contribution < -0.4 is 14.4 Å². The van der Waals surface area contributed by atoms with Crippen molar-refractivity contribution >= 4 is 11.6 Å². The fourth-order valence-corrected chi connectivity index (χ4v) is 4.64. The van der Waals surface area contributed by atoms with Crippen LogP contribution in [0.15, 0.2) is 48.5 Å². The molecule has 1 amide bonds. The van der Waals surface area contributed by atoms with Gasteiger partial charge in [0.25, 0.3) is 0 Å². The number of methoxy groups -OCH3 is 2. The molecular weight excluding hydrogens is 390 g/mol. The molecule has 2 fully saturated rings. The van der Waals surface area contributed by atoms with E-state index >= 15 is 0 Å². The molecule has 0 radical (unpaired) electrons. The summed E-state index contributed by atoms with van der Waals surface area (Å²) < 4.78 is 10.8. The Hall–Kier alpha value is -2.73. The SMILES string of the molecule is COc1ccc(CN2CCC(C(=O)N3CCN(c4ccccc4)CC3)CC2)c(OC)c1. The van der Waals surface area contributed by atoms with E-state index in [2.05, 4.69) is 45.0 Å². The van der Waals surface area contributed by atoms with Gasteiger partial charge in [-0.25, -0.2) is 0 Å². The molecule has 2 saturated heterocycles. The Morgan fingerprint density at radius 2 is 1.61 bits per heavy atom. The summed E-state index contributed by atoms with van der Waals surface area (Å²) in [5.41, 5.74) is 2.40. The Morgan fingerprint density at radius 1 is 0.903 bits per heavy atom. The number of ether oxygens (including phenoxy) is 2. The average Bonchev–Trinajstić information content (AvgIpc) is 2.85. The topological polar surface area (TPSA) is 45.2 Å². The molecule has 2 heterocycles. The minimum absolute atomic E-state index is 0.150. The minimum Gasteiger partial charge on any atom is -0.497 e. The van der Waals surface area contributed by atoms with Crippen molar-refractivity contribution in [2.75, 3.05) is 58.4 Å². The molecular formula is C25H33N3O3. The molecule has 0 aliphatic carbocycles. The second kappa shape index (κ2) is 10.1. The Morgan fingerprint density at radius 3 is 2.26 bits per heavy atom. The summed E-state index contributed by atoms with van der Waals surface area (Å²) in [5, 5.41) is 0. The number of hydrogen-bond donors (Lipinski definition) is 0. The lowest BCUT2D eigenvalue weighted by Crippen LogP contribution is -2.51. The van der Waals surface area contributed by atoms with E-state index in [1.165, 1.54) is 5.69 Å². The third-order valence-corrected chi connectivity index (χ3v) is 6.54. The summed E-state index contributed by atoms with van der Waals surface area (Å²) in [6, 6.07) is 16.5. The maximum atomic E-state index is 13.1. The maximum absolute atomic E-state index is 13.1. The molecule has 6 heteroatoms. The van der Waals surface area contributed by atoms with Gasteiger partial charge in [-0.15, -0.1) is 0 Å². The summed E-state index contributed by atoms with van der Waals surface area (Å²) in [4.78, 5) is 20.0. The van der Waals surface area contributed by atoms with Crippen LogP contribution in [0.3, 0.4) is 0 Å². The lowest BCUT2D eigenvalue weighted by atomic mass is 9.94. The van der Waals surface area contributed by atoms with Gasteiger partial charge in [-0.05, 0) is 44.1 Å². The highest BCUT2D eigenvalue weighted by molar-refractivity contribution is 5.79. The zero-order valence-corrected chi connectivity index (χ0v) is 18.6. The van der Waals surface area contributed by atoms with Gasteiger partial charge in [-0.1, -0.05) is 24.3 Å². The average molecular weight is 424 g/mol. The quantitative estimate of drug-likeness (QED) is 0.714. The number of benzene rings is 2. The minimum atomic E-state index is 0.150.